The number of methoxy groups -OCH3 is 1. The first-order chi connectivity index (χ1) is 14.0. The molecule has 0 atom stereocenters. The number of likely N-dealkylation sites (tertiary alicyclic amines) is 1. The normalized spacial score (nSPS) is 13.5. The average Bonchev–Trinajstić information content (AvgIpc) is 2.73. The van der Waals surface area contributed by atoms with Crippen molar-refractivity contribution in [1.82, 2.24) is 10.2 Å². The molecular formula is C21H22BrN3O3S. The second-order valence-electron chi connectivity index (χ2n) is 6.69. The molecule has 0 bridgehead atoms. The van der Waals surface area contributed by atoms with E-state index in [2.05, 4.69) is 26.6 Å². The highest BCUT2D eigenvalue weighted by molar-refractivity contribution is 9.10. The molecule has 8 heteroatoms. The first kappa shape index (κ1) is 21.3. The number of ether oxygens (including phenoxy) is 1. The van der Waals surface area contributed by atoms with E-state index in [9.17, 15) is 9.59 Å². The standard InChI is InChI=1S/C21H22BrN3O3S/c1-28-18-9-8-14(13-17(18)22)19(26)24-21(29)23-16-7-5-6-15(12-16)20(27)25-10-3-2-4-11-25/h5-9,12-13H,2-4,10-11H2,1H3,(H2,23,24,26,29). The third-order valence-electron chi connectivity index (χ3n) is 4.65. The Morgan fingerprint density at radius 2 is 1.83 bits per heavy atom. The smallest absolute Gasteiger partial charge is 0.257 e. The molecule has 0 aromatic heterocycles. The van der Waals surface area contributed by atoms with E-state index >= 15 is 0 Å². The Labute approximate surface area is 183 Å². The van der Waals surface area contributed by atoms with Crippen LogP contribution >= 0.6 is 28.1 Å². The van der Waals surface area contributed by atoms with E-state index in [0.29, 0.717) is 27.0 Å². The van der Waals surface area contributed by atoms with E-state index in [1.165, 1.54) is 6.42 Å². The maximum atomic E-state index is 12.7. The van der Waals surface area contributed by atoms with Crippen LogP contribution in [0, 0.1) is 0 Å². The predicted molar refractivity (Wildman–Crippen MR) is 121 cm³/mol. The van der Waals surface area contributed by atoms with Crippen LogP contribution in [0.15, 0.2) is 46.9 Å². The van der Waals surface area contributed by atoms with Crippen molar-refractivity contribution in [2.75, 3.05) is 25.5 Å². The fourth-order valence-corrected chi connectivity index (χ4v) is 3.91. The van der Waals surface area contributed by atoms with Crippen molar-refractivity contribution in [3.63, 3.8) is 0 Å². The summed E-state index contributed by atoms with van der Waals surface area (Å²) < 4.78 is 5.84. The third kappa shape index (κ3) is 5.55. The summed E-state index contributed by atoms with van der Waals surface area (Å²) in [6.07, 6.45) is 3.26. The highest BCUT2D eigenvalue weighted by Gasteiger charge is 2.18. The van der Waals surface area contributed by atoms with E-state index in [0.717, 1.165) is 25.9 Å². The summed E-state index contributed by atoms with van der Waals surface area (Å²) in [6.45, 7) is 1.59. The summed E-state index contributed by atoms with van der Waals surface area (Å²) in [5.74, 6) is 0.315. The number of nitrogens with zero attached hydrogens (tertiary/aromatic N) is 1. The lowest BCUT2D eigenvalue weighted by Gasteiger charge is -2.26. The van der Waals surface area contributed by atoms with Crippen LogP contribution in [-0.4, -0.2) is 42.0 Å². The van der Waals surface area contributed by atoms with Crippen LogP contribution in [0.25, 0.3) is 0 Å². The number of anilines is 1. The molecule has 1 aliphatic rings. The van der Waals surface area contributed by atoms with Gasteiger partial charge in [0.15, 0.2) is 5.11 Å². The van der Waals surface area contributed by atoms with Gasteiger partial charge < -0.3 is 15.0 Å². The summed E-state index contributed by atoms with van der Waals surface area (Å²) >= 11 is 8.61. The van der Waals surface area contributed by atoms with Crippen molar-refractivity contribution in [2.45, 2.75) is 19.3 Å². The molecule has 0 radical (unpaired) electrons. The molecule has 6 nitrogen and oxygen atoms in total. The minimum Gasteiger partial charge on any atom is -0.496 e. The average molecular weight is 476 g/mol. The van der Waals surface area contributed by atoms with Gasteiger partial charge in [-0.05, 0) is 83.8 Å². The van der Waals surface area contributed by atoms with Gasteiger partial charge >= 0.3 is 0 Å². The van der Waals surface area contributed by atoms with Crippen LogP contribution < -0.4 is 15.4 Å². The largest absolute Gasteiger partial charge is 0.496 e. The number of halogens is 1. The van der Waals surface area contributed by atoms with E-state index < -0.39 is 0 Å². The number of carbonyl (C=O) groups excluding carboxylic acids is 2. The number of rotatable bonds is 4. The molecular weight excluding hydrogens is 454 g/mol. The molecule has 152 valence electrons. The molecule has 0 unspecified atom stereocenters. The Bertz CT molecular complexity index is 929. The van der Waals surface area contributed by atoms with Crippen molar-refractivity contribution in [1.29, 1.82) is 0 Å². The van der Waals surface area contributed by atoms with Crippen molar-refractivity contribution in [3.8, 4) is 5.75 Å². The van der Waals surface area contributed by atoms with E-state index in [4.69, 9.17) is 17.0 Å². The Morgan fingerprint density at radius 3 is 2.52 bits per heavy atom. The molecule has 3 rings (SSSR count). The van der Waals surface area contributed by atoms with Gasteiger partial charge in [-0.1, -0.05) is 6.07 Å². The van der Waals surface area contributed by atoms with Gasteiger partial charge in [0.1, 0.15) is 5.75 Å². The minimum atomic E-state index is -0.341. The summed E-state index contributed by atoms with van der Waals surface area (Å²) in [4.78, 5) is 27.0. The first-order valence-electron chi connectivity index (χ1n) is 9.33. The van der Waals surface area contributed by atoms with Gasteiger partial charge in [-0.2, -0.15) is 0 Å². The highest BCUT2D eigenvalue weighted by Crippen LogP contribution is 2.25. The van der Waals surface area contributed by atoms with Gasteiger partial charge in [0.05, 0.1) is 11.6 Å². The number of thiocarbonyl (C=S) groups is 1. The zero-order valence-corrected chi connectivity index (χ0v) is 18.4. The van der Waals surface area contributed by atoms with Crippen molar-refractivity contribution >= 4 is 50.8 Å². The van der Waals surface area contributed by atoms with Gasteiger partial charge in [-0.3, -0.25) is 14.9 Å². The lowest BCUT2D eigenvalue weighted by molar-refractivity contribution is 0.0724. The Kier molecular flexibility index (Phi) is 7.22. The van der Waals surface area contributed by atoms with Gasteiger partial charge in [0.2, 0.25) is 0 Å². The number of nitrogens with one attached hydrogen (secondary N) is 2. The van der Waals surface area contributed by atoms with Crippen LogP contribution in [0.5, 0.6) is 5.75 Å². The monoisotopic (exact) mass is 475 g/mol. The topological polar surface area (TPSA) is 70.7 Å². The zero-order chi connectivity index (χ0) is 20.8. The fraction of sp³-hybridized carbons (Fsp3) is 0.286. The molecule has 2 aromatic rings. The number of benzene rings is 2. The van der Waals surface area contributed by atoms with Crippen LogP contribution in [0.1, 0.15) is 40.0 Å². The van der Waals surface area contributed by atoms with E-state index in [1.54, 1.807) is 49.6 Å². The van der Waals surface area contributed by atoms with E-state index in [1.807, 2.05) is 4.90 Å². The maximum absolute atomic E-state index is 12.7. The fourth-order valence-electron chi connectivity index (χ4n) is 3.15. The number of piperidine rings is 1. The lowest BCUT2D eigenvalue weighted by atomic mass is 10.1. The van der Waals surface area contributed by atoms with Crippen LogP contribution in [-0.2, 0) is 0 Å². The molecule has 2 aromatic carbocycles. The molecule has 1 fully saturated rings. The van der Waals surface area contributed by atoms with Crippen LogP contribution in [0.2, 0.25) is 0 Å². The number of hydrogen-bond donors (Lipinski definition) is 2. The number of carbonyl (C=O) groups is 2. The molecule has 0 spiro atoms. The second kappa shape index (κ2) is 9.84. The van der Waals surface area contributed by atoms with Crippen molar-refractivity contribution < 1.29 is 14.3 Å². The molecule has 0 saturated carbocycles. The van der Waals surface area contributed by atoms with Gasteiger partial charge in [-0.15, -0.1) is 0 Å². The second-order valence-corrected chi connectivity index (χ2v) is 7.95. The molecule has 1 aliphatic heterocycles. The Balaban J connectivity index is 1.62. The number of amides is 2. The minimum absolute atomic E-state index is 0.0198. The molecule has 0 aliphatic carbocycles. The third-order valence-corrected chi connectivity index (χ3v) is 5.48. The lowest BCUT2D eigenvalue weighted by Crippen LogP contribution is -2.36. The molecule has 1 heterocycles. The van der Waals surface area contributed by atoms with Crippen LogP contribution in [0.4, 0.5) is 5.69 Å². The summed E-state index contributed by atoms with van der Waals surface area (Å²) in [5, 5.41) is 5.77. The zero-order valence-electron chi connectivity index (χ0n) is 16.0. The number of hydrogen-bond acceptors (Lipinski definition) is 4. The maximum Gasteiger partial charge on any atom is 0.257 e. The van der Waals surface area contributed by atoms with E-state index in [-0.39, 0.29) is 16.9 Å². The Hall–Kier alpha value is -2.45. The van der Waals surface area contributed by atoms with Crippen LogP contribution in [0.3, 0.4) is 0 Å². The molecule has 1 saturated heterocycles. The molecule has 2 N–H and O–H groups in total. The summed E-state index contributed by atoms with van der Waals surface area (Å²) in [5.41, 5.74) is 1.69. The summed E-state index contributed by atoms with van der Waals surface area (Å²) in [7, 11) is 1.56. The van der Waals surface area contributed by atoms with Gasteiger partial charge in [0.25, 0.3) is 11.8 Å². The Morgan fingerprint density at radius 1 is 1.07 bits per heavy atom. The molecule has 2 amide bonds. The highest BCUT2D eigenvalue weighted by atomic mass is 79.9. The van der Waals surface area contributed by atoms with Crippen molar-refractivity contribution in [2.24, 2.45) is 0 Å². The SMILES string of the molecule is COc1ccc(C(=O)NC(=S)Nc2cccc(C(=O)N3CCCCC3)c2)cc1Br. The molecule has 29 heavy (non-hydrogen) atoms. The predicted octanol–water partition coefficient (Wildman–Crippen LogP) is 4.21. The first-order valence-corrected chi connectivity index (χ1v) is 10.5. The van der Waals surface area contributed by atoms with Gasteiger partial charge in [-0.25, -0.2) is 0 Å². The summed E-state index contributed by atoms with van der Waals surface area (Å²) in [6, 6.07) is 12.2. The van der Waals surface area contributed by atoms with Crippen molar-refractivity contribution in [3.05, 3.63) is 58.1 Å². The quantitative estimate of drug-likeness (QED) is 0.648. The van der Waals surface area contributed by atoms with Gasteiger partial charge in [0, 0.05) is 29.9 Å².